The number of anilines is 1. The highest BCUT2D eigenvalue weighted by atomic mass is 16.4. The van der Waals surface area contributed by atoms with E-state index >= 15 is 0 Å². The Hall–Kier alpha value is -1.98. The van der Waals surface area contributed by atoms with Gasteiger partial charge in [-0.1, -0.05) is 0 Å². The summed E-state index contributed by atoms with van der Waals surface area (Å²) >= 11 is 0. The molecule has 0 aliphatic carbocycles. The van der Waals surface area contributed by atoms with Gasteiger partial charge in [0.05, 0.1) is 6.42 Å². The molecule has 1 aromatic rings. The Bertz CT molecular complexity index is 408. The maximum absolute atomic E-state index is 11.4. The van der Waals surface area contributed by atoms with Gasteiger partial charge in [0, 0.05) is 12.6 Å². The van der Waals surface area contributed by atoms with Crippen molar-refractivity contribution in [2.24, 2.45) is 0 Å². The van der Waals surface area contributed by atoms with E-state index in [4.69, 9.17) is 15.3 Å². The number of aryl methyl sites for hydroxylation is 1. The molecule has 1 rings (SSSR count). The topological polar surface area (TPSA) is 106 Å². The highest BCUT2D eigenvalue weighted by Crippen LogP contribution is 2.24. The van der Waals surface area contributed by atoms with Crippen LogP contribution in [0.2, 0.25) is 0 Å². The molecule has 0 aromatic carbocycles. The van der Waals surface area contributed by atoms with E-state index in [1.807, 2.05) is 0 Å². The number of carboxylic acids is 1. The predicted molar refractivity (Wildman–Crippen MR) is 52.6 cm³/mol. The first-order valence-electron chi connectivity index (χ1n) is 4.29. The summed E-state index contributed by atoms with van der Waals surface area (Å²) in [4.78, 5) is 22.0. The van der Waals surface area contributed by atoms with Crippen molar-refractivity contribution in [1.82, 2.24) is 5.32 Å². The van der Waals surface area contributed by atoms with Gasteiger partial charge in [0.1, 0.15) is 11.3 Å². The van der Waals surface area contributed by atoms with E-state index in [1.165, 1.54) is 7.05 Å². The van der Waals surface area contributed by atoms with E-state index in [2.05, 4.69) is 5.32 Å². The maximum Gasteiger partial charge on any atom is 0.307 e. The summed E-state index contributed by atoms with van der Waals surface area (Å²) in [5, 5.41) is 11.0. The van der Waals surface area contributed by atoms with Crippen LogP contribution in [0, 0.1) is 6.92 Å². The molecule has 0 atom stereocenters. The minimum atomic E-state index is -1.04. The maximum atomic E-state index is 11.4. The summed E-state index contributed by atoms with van der Waals surface area (Å²) in [6.45, 7) is 1.57. The molecule has 1 amide bonds. The minimum Gasteiger partial charge on any atom is -0.481 e. The molecule has 6 nitrogen and oxygen atoms in total. The number of furan rings is 1. The molecular weight excluding hydrogens is 200 g/mol. The summed E-state index contributed by atoms with van der Waals surface area (Å²) in [6.07, 6.45) is -0.282. The number of amides is 1. The zero-order valence-corrected chi connectivity index (χ0v) is 8.46. The van der Waals surface area contributed by atoms with Gasteiger partial charge in [-0.25, -0.2) is 0 Å². The Morgan fingerprint density at radius 3 is 2.60 bits per heavy atom. The van der Waals surface area contributed by atoms with Crippen molar-refractivity contribution in [2.75, 3.05) is 12.8 Å². The zero-order valence-electron chi connectivity index (χ0n) is 8.46. The van der Waals surface area contributed by atoms with Gasteiger partial charge < -0.3 is 20.6 Å². The van der Waals surface area contributed by atoms with Crippen molar-refractivity contribution >= 4 is 17.8 Å². The SMILES string of the molecule is CNC(=O)c1c(N)oc(C)c1CC(=O)O. The highest BCUT2D eigenvalue weighted by molar-refractivity contribution is 6.00. The van der Waals surface area contributed by atoms with Crippen molar-refractivity contribution in [3.05, 3.63) is 16.9 Å². The summed E-state index contributed by atoms with van der Waals surface area (Å²) in [5.41, 5.74) is 5.90. The minimum absolute atomic E-state index is 0.0527. The lowest BCUT2D eigenvalue weighted by molar-refractivity contribution is -0.136. The second kappa shape index (κ2) is 4.04. The normalized spacial score (nSPS) is 10.0. The number of carbonyl (C=O) groups excluding carboxylic acids is 1. The Morgan fingerprint density at radius 2 is 2.13 bits per heavy atom. The van der Waals surface area contributed by atoms with Crippen molar-refractivity contribution in [1.29, 1.82) is 0 Å². The lowest BCUT2D eigenvalue weighted by Gasteiger charge is -2.00. The molecule has 1 aromatic heterocycles. The summed E-state index contributed by atoms with van der Waals surface area (Å²) in [5.74, 6) is -1.18. The summed E-state index contributed by atoms with van der Waals surface area (Å²) < 4.78 is 5.02. The first-order chi connectivity index (χ1) is 6.97. The molecule has 0 aliphatic heterocycles. The van der Waals surface area contributed by atoms with Gasteiger partial charge in [0.15, 0.2) is 0 Å². The van der Waals surface area contributed by atoms with Crippen LogP contribution >= 0.6 is 0 Å². The third-order valence-corrected chi connectivity index (χ3v) is 2.02. The van der Waals surface area contributed by atoms with Crippen LogP contribution in [0.1, 0.15) is 21.7 Å². The molecule has 6 heteroatoms. The average Bonchev–Trinajstić information content (AvgIpc) is 2.40. The monoisotopic (exact) mass is 212 g/mol. The number of aliphatic carboxylic acids is 1. The van der Waals surface area contributed by atoms with Gasteiger partial charge >= 0.3 is 5.97 Å². The number of nitrogens with two attached hydrogens (primary N) is 1. The summed E-state index contributed by atoms with van der Waals surface area (Å²) in [7, 11) is 1.44. The molecule has 0 spiro atoms. The van der Waals surface area contributed by atoms with Crippen LogP contribution in [0.3, 0.4) is 0 Å². The molecule has 0 saturated carbocycles. The van der Waals surface area contributed by atoms with Crippen LogP contribution < -0.4 is 11.1 Å². The molecule has 0 radical (unpaired) electrons. The number of nitrogens with one attached hydrogen (secondary N) is 1. The van der Waals surface area contributed by atoms with E-state index in [9.17, 15) is 9.59 Å². The van der Waals surface area contributed by atoms with Crippen molar-refractivity contribution in [2.45, 2.75) is 13.3 Å². The Kier molecular flexibility index (Phi) is 2.99. The molecule has 82 valence electrons. The van der Waals surface area contributed by atoms with Crippen LogP contribution in [0.25, 0.3) is 0 Å². The van der Waals surface area contributed by atoms with E-state index in [0.29, 0.717) is 11.3 Å². The summed E-state index contributed by atoms with van der Waals surface area (Å²) in [6, 6.07) is 0. The Morgan fingerprint density at radius 1 is 1.53 bits per heavy atom. The highest BCUT2D eigenvalue weighted by Gasteiger charge is 2.22. The van der Waals surface area contributed by atoms with Gasteiger partial charge in [-0.3, -0.25) is 9.59 Å². The lowest BCUT2D eigenvalue weighted by atomic mass is 10.1. The molecule has 15 heavy (non-hydrogen) atoms. The molecule has 0 fully saturated rings. The smallest absolute Gasteiger partial charge is 0.307 e. The number of carbonyl (C=O) groups is 2. The lowest BCUT2D eigenvalue weighted by Crippen LogP contribution is -2.20. The first kappa shape index (κ1) is 11.1. The molecular formula is C9H12N2O4. The van der Waals surface area contributed by atoms with E-state index in [0.717, 1.165) is 0 Å². The number of hydrogen-bond acceptors (Lipinski definition) is 4. The average molecular weight is 212 g/mol. The van der Waals surface area contributed by atoms with Crippen molar-refractivity contribution < 1.29 is 19.1 Å². The molecule has 0 unspecified atom stereocenters. The zero-order chi connectivity index (χ0) is 11.6. The Balaban J connectivity index is 3.22. The second-order valence-corrected chi connectivity index (χ2v) is 3.03. The van der Waals surface area contributed by atoms with Crippen LogP contribution in [0.4, 0.5) is 5.88 Å². The largest absolute Gasteiger partial charge is 0.481 e. The fraction of sp³-hybridized carbons (Fsp3) is 0.333. The number of carboxylic acid groups (broad SMARTS) is 1. The van der Waals surface area contributed by atoms with Crippen LogP contribution in [0.15, 0.2) is 4.42 Å². The van der Waals surface area contributed by atoms with Crippen molar-refractivity contribution in [3.63, 3.8) is 0 Å². The van der Waals surface area contributed by atoms with Crippen molar-refractivity contribution in [3.8, 4) is 0 Å². The first-order valence-corrected chi connectivity index (χ1v) is 4.29. The van der Waals surface area contributed by atoms with Gasteiger partial charge in [-0.15, -0.1) is 0 Å². The molecule has 0 aliphatic rings. The van der Waals surface area contributed by atoms with Gasteiger partial charge in [0.25, 0.3) is 5.91 Å². The van der Waals surface area contributed by atoms with E-state index in [-0.39, 0.29) is 17.9 Å². The van der Waals surface area contributed by atoms with E-state index < -0.39 is 11.9 Å². The molecule has 0 saturated heterocycles. The third kappa shape index (κ3) is 2.09. The Labute approximate surface area is 86.1 Å². The fourth-order valence-electron chi connectivity index (χ4n) is 1.34. The quantitative estimate of drug-likeness (QED) is 0.661. The third-order valence-electron chi connectivity index (χ3n) is 2.02. The predicted octanol–water partition coefficient (Wildman–Crippen LogP) is 0.157. The molecule has 1 heterocycles. The van der Waals surface area contributed by atoms with Crippen LogP contribution in [-0.2, 0) is 11.2 Å². The van der Waals surface area contributed by atoms with Crippen LogP contribution in [0.5, 0.6) is 0 Å². The van der Waals surface area contributed by atoms with Gasteiger partial charge in [-0.05, 0) is 6.92 Å². The van der Waals surface area contributed by atoms with E-state index in [1.54, 1.807) is 6.92 Å². The number of rotatable bonds is 3. The van der Waals surface area contributed by atoms with Crippen LogP contribution in [-0.4, -0.2) is 24.0 Å². The van der Waals surface area contributed by atoms with Gasteiger partial charge in [0.2, 0.25) is 5.88 Å². The molecule has 4 N–H and O–H groups in total. The number of hydrogen-bond donors (Lipinski definition) is 3. The van der Waals surface area contributed by atoms with Gasteiger partial charge in [-0.2, -0.15) is 0 Å². The second-order valence-electron chi connectivity index (χ2n) is 3.03. The number of nitrogen functional groups attached to an aromatic ring is 1. The molecule has 0 bridgehead atoms. The standard InChI is InChI=1S/C9H12N2O4/c1-4-5(3-6(12)13)7(8(10)15-4)9(14)11-2/h3,10H2,1-2H3,(H,11,14)(H,12,13). The fourth-order valence-corrected chi connectivity index (χ4v) is 1.34.